The molecule has 0 aliphatic rings. The Hall–Kier alpha value is -1.22. The van der Waals surface area contributed by atoms with Crippen LogP contribution in [0.3, 0.4) is 0 Å². The number of methoxy groups -OCH3 is 1. The Morgan fingerprint density at radius 2 is 2.29 bits per heavy atom. The number of nitrogens with zero attached hydrogens (tertiary/aromatic N) is 1. The second-order valence-corrected chi connectivity index (χ2v) is 3.27. The summed E-state index contributed by atoms with van der Waals surface area (Å²) in [5.74, 6) is 0.634. The highest BCUT2D eigenvalue weighted by Crippen LogP contribution is 2.28. The van der Waals surface area contributed by atoms with Crippen molar-refractivity contribution in [3.05, 3.63) is 23.2 Å². The van der Waals surface area contributed by atoms with Crippen molar-refractivity contribution in [2.75, 3.05) is 25.6 Å². The molecule has 0 aliphatic heterocycles. The summed E-state index contributed by atoms with van der Waals surface area (Å²) in [6.45, 7) is 0.350. The number of likely N-dealkylation sites (N-methyl/N-ethyl adjacent to an activating group) is 1. The Kier molecular flexibility index (Phi) is 3.77. The van der Waals surface area contributed by atoms with Gasteiger partial charge in [0.1, 0.15) is 12.0 Å². The summed E-state index contributed by atoms with van der Waals surface area (Å²) in [4.78, 5) is 12.1. The largest absolute Gasteiger partial charge is 0.495 e. The van der Waals surface area contributed by atoms with Crippen molar-refractivity contribution in [3.8, 4) is 5.75 Å². The molecule has 1 aromatic rings. The normalized spacial score (nSPS) is 9.64. The van der Waals surface area contributed by atoms with Gasteiger partial charge in [-0.3, -0.25) is 0 Å². The van der Waals surface area contributed by atoms with E-state index < -0.39 is 0 Å². The van der Waals surface area contributed by atoms with Gasteiger partial charge in [-0.15, -0.1) is 0 Å². The van der Waals surface area contributed by atoms with E-state index in [0.717, 1.165) is 12.0 Å². The van der Waals surface area contributed by atoms with Crippen LogP contribution in [0.1, 0.15) is 0 Å². The molecule has 0 saturated heterocycles. The smallest absolute Gasteiger partial charge is 0.139 e. The highest BCUT2D eigenvalue weighted by Gasteiger charge is 2.04. The molecular formula is C10H12ClNO2. The monoisotopic (exact) mass is 213 g/mol. The Bertz CT molecular complexity index is 328. The number of carbonyl (C=O) groups is 1. The molecule has 0 spiro atoms. The lowest BCUT2D eigenvalue weighted by atomic mass is 10.3. The van der Waals surface area contributed by atoms with Crippen LogP contribution in [0.15, 0.2) is 18.2 Å². The molecule has 0 atom stereocenters. The first kappa shape index (κ1) is 10.9. The molecule has 4 heteroatoms. The Morgan fingerprint density at radius 1 is 1.57 bits per heavy atom. The molecule has 0 radical (unpaired) electrons. The van der Waals surface area contributed by atoms with Gasteiger partial charge in [-0.05, 0) is 18.2 Å². The zero-order valence-corrected chi connectivity index (χ0v) is 8.91. The average Bonchev–Trinajstić information content (AvgIpc) is 2.18. The number of ether oxygens (including phenoxy) is 1. The fourth-order valence-electron chi connectivity index (χ4n) is 1.11. The van der Waals surface area contributed by atoms with Gasteiger partial charge in [0.05, 0.1) is 18.7 Å². The van der Waals surface area contributed by atoms with Crippen molar-refractivity contribution in [1.82, 2.24) is 0 Å². The van der Waals surface area contributed by atoms with Crippen molar-refractivity contribution >= 4 is 23.6 Å². The van der Waals surface area contributed by atoms with Gasteiger partial charge in [-0.25, -0.2) is 0 Å². The van der Waals surface area contributed by atoms with Gasteiger partial charge in [-0.1, -0.05) is 11.6 Å². The van der Waals surface area contributed by atoms with Crippen molar-refractivity contribution < 1.29 is 9.53 Å². The van der Waals surface area contributed by atoms with Crippen LogP contribution in [0.4, 0.5) is 5.69 Å². The molecule has 76 valence electrons. The number of aldehydes is 1. The number of halogens is 1. The number of hydrogen-bond donors (Lipinski definition) is 0. The molecule has 0 saturated carbocycles. The quantitative estimate of drug-likeness (QED) is 0.717. The Morgan fingerprint density at radius 3 is 2.79 bits per heavy atom. The first-order valence-electron chi connectivity index (χ1n) is 4.17. The summed E-state index contributed by atoms with van der Waals surface area (Å²) >= 11 is 5.93. The van der Waals surface area contributed by atoms with E-state index >= 15 is 0 Å². The van der Waals surface area contributed by atoms with Crippen LogP contribution in [-0.2, 0) is 4.79 Å². The minimum absolute atomic E-state index is 0.350. The summed E-state index contributed by atoms with van der Waals surface area (Å²) in [6.07, 6.45) is 0.845. The third kappa shape index (κ3) is 2.39. The van der Waals surface area contributed by atoms with Crippen LogP contribution in [0.25, 0.3) is 0 Å². The van der Waals surface area contributed by atoms with E-state index in [0.29, 0.717) is 17.3 Å². The molecule has 0 bridgehead atoms. The molecule has 0 unspecified atom stereocenters. The van der Waals surface area contributed by atoms with Crippen molar-refractivity contribution in [2.24, 2.45) is 0 Å². The average molecular weight is 214 g/mol. The van der Waals surface area contributed by atoms with Crippen molar-refractivity contribution in [2.45, 2.75) is 0 Å². The maximum Gasteiger partial charge on any atom is 0.139 e. The highest BCUT2D eigenvalue weighted by atomic mass is 35.5. The van der Waals surface area contributed by atoms with E-state index in [1.165, 1.54) is 0 Å². The van der Waals surface area contributed by atoms with E-state index in [-0.39, 0.29) is 0 Å². The second-order valence-electron chi connectivity index (χ2n) is 2.87. The fourth-order valence-corrected chi connectivity index (χ4v) is 1.36. The minimum atomic E-state index is 0.350. The number of rotatable bonds is 4. The highest BCUT2D eigenvalue weighted by molar-refractivity contribution is 6.32. The maximum atomic E-state index is 10.3. The van der Waals surface area contributed by atoms with Crippen LogP contribution in [0.2, 0.25) is 5.02 Å². The van der Waals surface area contributed by atoms with Gasteiger partial charge in [0.25, 0.3) is 0 Å². The van der Waals surface area contributed by atoms with Crippen molar-refractivity contribution in [3.63, 3.8) is 0 Å². The summed E-state index contributed by atoms with van der Waals surface area (Å²) < 4.78 is 5.02. The van der Waals surface area contributed by atoms with E-state index in [9.17, 15) is 4.79 Å². The molecule has 0 N–H and O–H groups in total. The third-order valence-electron chi connectivity index (χ3n) is 1.92. The lowest BCUT2D eigenvalue weighted by Crippen LogP contribution is -2.19. The molecule has 1 rings (SSSR count). The SMILES string of the molecule is COc1ccc(N(C)CC=O)cc1Cl. The Balaban J connectivity index is 2.90. The number of carbonyl (C=O) groups excluding carboxylic acids is 1. The lowest BCUT2D eigenvalue weighted by Gasteiger charge is -2.16. The van der Waals surface area contributed by atoms with Gasteiger partial charge >= 0.3 is 0 Å². The van der Waals surface area contributed by atoms with E-state index in [1.807, 2.05) is 13.1 Å². The predicted octanol–water partition coefficient (Wildman–Crippen LogP) is 1.98. The van der Waals surface area contributed by atoms with Gasteiger partial charge in [0.15, 0.2) is 0 Å². The number of benzene rings is 1. The lowest BCUT2D eigenvalue weighted by molar-refractivity contribution is -0.106. The molecule has 0 fully saturated rings. The zero-order chi connectivity index (χ0) is 10.6. The third-order valence-corrected chi connectivity index (χ3v) is 2.22. The molecule has 0 amide bonds. The maximum absolute atomic E-state index is 10.3. The molecule has 1 aromatic carbocycles. The predicted molar refractivity (Wildman–Crippen MR) is 57.3 cm³/mol. The fraction of sp³-hybridized carbons (Fsp3) is 0.300. The standard InChI is InChI=1S/C10H12ClNO2/c1-12(5-6-13)8-3-4-10(14-2)9(11)7-8/h3-4,6-7H,5H2,1-2H3. The van der Waals surface area contributed by atoms with Crippen LogP contribution in [0, 0.1) is 0 Å². The first-order valence-corrected chi connectivity index (χ1v) is 4.55. The second kappa shape index (κ2) is 4.86. The number of hydrogen-bond acceptors (Lipinski definition) is 3. The van der Waals surface area contributed by atoms with E-state index in [2.05, 4.69) is 0 Å². The summed E-state index contributed by atoms with van der Waals surface area (Å²) in [6, 6.07) is 5.40. The molecule has 0 aromatic heterocycles. The summed E-state index contributed by atoms with van der Waals surface area (Å²) in [5, 5.41) is 0.544. The molecule has 0 aliphatic carbocycles. The molecule has 0 heterocycles. The van der Waals surface area contributed by atoms with Crippen LogP contribution < -0.4 is 9.64 Å². The zero-order valence-electron chi connectivity index (χ0n) is 8.16. The number of anilines is 1. The van der Waals surface area contributed by atoms with Gasteiger partial charge in [0.2, 0.25) is 0 Å². The Labute approximate surface area is 88.2 Å². The first-order chi connectivity index (χ1) is 6.69. The molecule has 3 nitrogen and oxygen atoms in total. The van der Waals surface area contributed by atoms with Crippen LogP contribution in [-0.4, -0.2) is 27.0 Å². The molecule has 14 heavy (non-hydrogen) atoms. The van der Waals surface area contributed by atoms with Gasteiger partial charge in [-0.2, -0.15) is 0 Å². The summed E-state index contributed by atoms with van der Waals surface area (Å²) in [7, 11) is 3.39. The van der Waals surface area contributed by atoms with Crippen LogP contribution in [0.5, 0.6) is 5.75 Å². The van der Waals surface area contributed by atoms with E-state index in [4.69, 9.17) is 16.3 Å². The minimum Gasteiger partial charge on any atom is -0.495 e. The van der Waals surface area contributed by atoms with Gasteiger partial charge < -0.3 is 14.4 Å². The van der Waals surface area contributed by atoms with E-state index in [1.54, 1.807) is 24.1 Å². The topological polar surface area (TPSA) is 29.5 Å². The van der Waals surface area contributed by atoms with Gasteiger partial charge in [0, 0.05) is 12.7 Å². The van der Waals surface area contributed by atoms with Crippen molar-refractivity contribution in [1.29, 1.82) is 0 Å². The summed E-state index contributed by atoms with van der Waals surface area (Å²) in [5.41, 5.74) is 0.892. The van der Waals surface area contributed by atoms with Crippen LogP contribution >= 0.6 is 11.6 Å². The molecular weight excluding hydrogens is 202 g/mol.